The van der Waals surface area contributed by atoms with E-state index in [0.717, 1.165) is 42.9 Å². The largest absolute Gasteiger partial charge is 0.495 e. The van der Waals surface area contributed by atoms with Gasteiger partial charge in [0.2, 0.25) is 5.95 Å². The zero-order chi connectivity index (χ0) is 20.2. The summed E-state index contributed by atoms with van der Waals surface area (Å²) in [7, 11) is 1.59. The van der Waals surface area contributed by atoms with Gasteiger partial charge in [0.05, 0.1) is 23.9 Å². The van der Waals surface area contributed by atoms with Gasteiger partial charge in [0.1, 0.15) is 11.6 Å². The average Bonchev–Trinajstić information content (AvgIpc) is 2.75. The first-order valence-corrected chi connectivity index (χ1v) is 9.98. The highest BCUT2D eigenvalue weighted by Gasteiger charge is 2.20. The third-order valence-corrected chi connectivity index (χ3v) is 5.25. The molecular formula is C22H23ClN4O2. The molecule has 0 aliphatic carbocycles. The molecule has 0 saturated carbocycles. The number of aliphatic hydroxyl groups excluding tert-OH is 1. The normalized spacial score (nSPS) is 14.7. The van der Waals surface area contributed by atoms with Crippen molar-refractivity contribution >= 4 is 29.1 Å². The van der Waals surface area contributed by atoms with E-state index in [0.29, 0.717) is 22.5 Å². The molecular weight excluding hydrogens is 388 g/mol. The minimum Gasteiger partial charge on any atom is -0.495 e. The maximum absolute atomic E-state index is 9.82. The second-order valence-electron chi connectivity index (χ2n) is 7.00. The van der Waals surface area contributed by atoms with Crippen LogP contribution in [0, 0.1) is 0 Å². The molecule has 0 amide bonds. The molecule has 1 aliphatic heterocycles. The quantitative estimate of drug-likeness (QED) is 0.644. The van der Waals surface area contributed by atoms with Crippen LogP contribution in [0.25, 0.3) is 11.3 Å². The standard InChI is InChI=1S/C22H23ClN4O2/c1-29-20-8-7-16(13-18(20)23)24-21-14-19(15-5-3-2-4-6-15)25-22(26-21)27-11-9-17(28)10-12-27/h2-8,13-14,17,28H,9-12H2,1H3,(H,24,25,26). The first-order chi connectivity index (χ1) is 14.1. The summed E-state index contributed by atoms with van der Waals surface area (Å²) in [6.07, 6.45) is 1.19. The third-order valence-electron chi connectivity index (χ3n) is 4.96. The lowest BCUT2D eigenvalue weighted by Gasteiger charge is -2.30. The maximum Gasteiger partial charge on any atom is 0.227 e. The SMILES string of the molecule is COc1ccc(Nc2cc(-c3ccccc3)nc(N3CCC(O)CC3)n2)cc1Cl. The van der Waals surface area contributed by atoms with Gasteiger partial charge in [-0.1, -0.05) is 41.9 Å². The van der Waals surface area contributed by atoms with Gasteiger partial charge < -0.3 is 20.1 Å². The second kappa shape index (κ2) is 8.68. The number of rotatable bonds is 5. The van der Waals surface area contributed by atoms with E-state index in [1.54, 1.807) is 7.11 Å². The zero-order valence-electron chi connectivity index (χ0n) is 16.2. The Morgan fingerprint density at radius 3 is 2.52 bits per heavy atom. The molecule has 0 spiro atoms. The van der Waals surface area contributed by atoms with Gasteiger partial charge in [-0.15, -0.1) is 0 Å². The van der Waals surface area contributed by atoms with E-state index >= 15 is 0 Å². The number of aromatic nitrogens is 2. The minimum atomic E-state index is -0.248. The van der Waals surface area contributed by atoms with Gasteiger partial charge in [0.25, 0.3) is 0 Å². The molecule has 150 valence electrons. The summed E-state index contributed by atoms with van der Waals surface area (Å²) >= 11 is 6.26. The number of halogens is 1. The fraction of sp³-hybridized carbons (Fsp3) is 0.273. The fourth-order valence-corrected chi connectivity index (χ4v) is 3.61. The van der Waals surface area contributed by atoms with Crippen LogP contribution in [0.1, 0.15) is 12.8 Å². The average molecular weight is 411 g/mol. The molecule has 1 aliphatic rings. The van der Waals surface area contributed by atoms with Gasteiger partial charge in [0.15, 0.2) is 0 Å². The smallest absolute Gasteiger partial charge is 0.227 e. The van der Waals surface area contributed by atoms with E-state index < -0.39 is 0 Å². The Morgan fingerprint density at radius 2 is 1.83 bits per heavy atom. The topological polar surface area (TPSA) is 70.5 Å². The number of methoxy groups -OCH3 is 1. The van der Waals surface area contributed by atoms with Crippen molar-refractivity contribution in [3.63, 3.8) is 0 Å². The molecule has 6 nitrogen and oxygen atoms in total. The number of nitrogens with one attached hydrogen (secondary N) is 1. The van der Waals surface area contributed by atoms with Crippen molar-refractivity contribution in [2.24, 2.45) is 0 Å². The molecule has 0 atom stereocenters. The molecule has 1 saturated heterocycles. The van der Waals surface area contributed by atoms with Gasteiger partial charge in [-0.3, -0.25) is 0 Å². The van der Waals surface area contributed by atoms with E-state index in [-0.39, 0.29) is 6.10 Å². The van der Waals surface area contributed by atoms with Crippen molar-refractivity contribution < 1.29 is 9.84 Å². The highest BCUT2D eigenvalue weighted by Crippen LogP contribution is 2.30. The van der Waals surface area contributed by atoms with Crippen molar-refractivity contribution in [2.45, 2.75) is 18.9 Å². The summed E-state index contributed by atoms with van der Waals surface area (Å²) in [5, 5.41) is 13.7. The van der Waals surface area contributed by atoms with Crippen LogP contribution >= 0.6 is 11.6 Å². The number of nitrogens with zero attached hydrogens (tertiary/aromatic N) is 3. The van der Waals surface area contributed by atoms with E-state index in [2.05, 4.69) is 10.2 Å². The maximum atomic E-state index is 9.82. The Balaban J connectivity index is 1.68. The Kier molecular flexibility index (Phi) is 5.83. The molecule has 2 heterocycles. The van der Waals surface area contributed by atoms with Gasteiger partial charge in [-0.2, -0.15) is 4.98 Å². The van der Waals surface area contributed by atoms with Crippen LogP contribution in [0.5, 0.6) is 5.75 Å². The summed E-state index contributed by atoms with van der Waals surface area (Å²) in [6, 6.07) is 17.5. The Hall–Kier alpha value is -2.83. The molecule has 3 aromatic rings. The van der Waals surface area contributed by atoms with E-state index in [1.165, 1.54) is 0 Å². The first kappa shape index (κ1) is 19.5. The van der Waals surface area contributed by atoms with Gasteiger partial charge in [0, 0.05) is 30.4 Å². The molecule has 29 heavy (non-hydrogen) atoms. The summed E-state index contributed by atoms with van der Waals surface area (Å²) in [4.78, 5) is 11.6. The number of aliphatic hydroxyl groups is 1. The molecule has 7 heteroatoms. The number of piperidine rings is 1. The van der Waals surface area contributed by atoms with Crippen LogP contribution in [0.4, 0.5) is 17.5 Å². The number of anilines is 3. The first-order valence-electron chi connectivity index (χ1n) is 9.60. The van der Waals surface area contributed by atoms with Crippen molar-refractivity contribution in [1.82, 2.24) is 9.97 Å². The van der Waals surface area contributed by atoms with Crippen LogP contribution in [0.15, 0.2) is 54.6 Å². The van der Waals surface area contributed by atoms with Crippen LogP contribution in [-0.2, 0) is 0 Å². The lowest BCUT2D eigenvalue weighted by Crippen LogP contribution is -2.37. The molecule has 0 unspecified atom stereocenters. The van der Waals surface area contributed by atoms with Crippen molar-refractivity contribution in [2.75, 3.05) is 30.4 Å². The summed E-state index contributed by atoms with van der Waals surface area (Å²) in [6.45, 7) is 1.46. The minimum absolute atomic E-state index is 0.248. The third kappa shape index (κ3) is 4.60. The number of benzene rings is 2. The molecule has 0 bridgehead atoms. The molecule has 4 rings (SSSR count). The Morgan fingerprint density at radius 1 is 1.07 bits per heavy atom. The summed E-state index contributed by atoms with van der Waals surface area (Å²) < 4.78 is 5.22. The van der Waals surface area contributed by atoms with E-state index in [9.17, 15) is 5.11 Å². The predicted molar refractivity (Wildman–Crippen MR) is 116 cm³/mol. The van der Waals surface area contributed by atoms with Gasteiger partial charge in [-0.25, -0.2) is 4.98 Å². The fourth-order valence-electron chi connectivity index (χ4n) is 3.35. The summed E-state index contributed by atoms with van der Waals surface area (Å²) in [5.41, 5.74) is 2.67. The summed E-state index contributed by atoms with van der Waals surface area (Å²) in [5.74, 6) is 1.96. The zero-order valence-corrected chi connectivity index (χ0v) is 16.9. The Labute approximate surface area is 175 Å². The highest BCUT2D eigenvalue weighted by molar-refractivity contribution is 6.32. The lowest BCUT2D eigenvalue weighted by atomic mass is 10.1. The molecule has 2 aromatic carbocycles. The molecule has 1 fully saturated rings. The van der Waals surface area contributed by atoms with Crippen molar-refractivity contribution in [3.05, 3.63) is 59.6 Å². The van der Waals surface area contributed by atoms with Gasteiger partial charge >= 0.3 is 0 Å². The van der Waals surface area contributed by atoms with E-state index in [4.69, 9.17) is 26.3 Å². The number of hydrogen-bond donors (Lipinski definition) is 2. The predicted octanol–water partition coefficient (Wildman–Crippen LogP) is 4.51. The molecule has 1 aromatic heterocycles. The van der Waals surface area contributed by atoms with Crippen LogP contribution in [0.3, 0.4) is 0 Å². The van der Waals surface area contributed by atoms with Gasteiger partial charge in [-0.05, 0) is 31.0 Å². The monoisotopic (exact) mass is 410 g/mol. The number of ether oxygens (including phenoxy) is 1. The number of hydrogen-bond acceptors (Lipinski definition) is 6. The molecule has 0 radical (unpaired) electrons. The van der Waals surface area contributed by atoms with Crippen molar-refractivity contribution in [1.29, 1.82) is 0 Å². The van der Waals surface area contributed by atoms with Crippen molar-refractivity contribution in [3.8, 4) is 17.0 Å². The second-order valence-corrected chi connectivity index (χ2v) is 7.40. The van der Waals surface area contributed by atoms with E-state index in [1.807, 2.05) is 54.6 Å². The molecule has 2 N–H and O–H groups in total. The van der Waals surface area contributed by atoms with Crippen LogP contribution in [-0.4, -0.2) is 41.4 Å². The highest BCUT2D eigenvalue weighted by atomic mass is 35.5. The Bertz CT molecular complexity index is 976. The van der Waals surface area contributed by atoms with Crippen LogP contribution < -0.4 is 15.0 Å². The lowest BCUT2D eigenvalue weighted by molar-refractivity contribution is 0.145. The van der Waals surface area contributed by atoms with Crippen LogP contribution in [0.2, 0.25) is 5.02 Å².